The highest BCUT2D eigenvalue weighted by molar-refractivity contribution is 5.79. The van der Waals surface area contributed by atoms with Crippen LogP contribution in [0.4, 0.5) is 0 Å². The van der Waals surface area contributed by atoms with Crippen LogP contribution in [0.3, 0.4) is 0 Å². The van der Waals surface area contributed by atoms with Crippen molar-refractivity contribution in [3.05, 3.63) is 0 Å². The largest absolute Gasteiger partial charge is 0.353 e. The zero-order valence-corrected chi connectivity index (χ0v) is 9.96. The van der Waals surface area contributed by atoms with Crippen molar-refractivity contribution in [1.29, 1.82) is 0 Å². The van der Waals surface area contributed by atoms with Crippen molar-refractivity contribution >= 4 is 5.91 Å². The highest BCUT2D eigenvalue weighted by Crippen LogP contribution is 2.19. The van der Waals surface area contributed by atoms with E-state index in [1.165, 1.54) is 12.8 Å². The van der Waals surface area contributed by atoms with Crippen molar-refractivity contribution in [2.45, 2.75) is 64.5 Å². The average Bonchev–Trinajstić information content (AvgIpc) is 2.71. The van der Waals surface area contributed by atoms with Crippen LogP contribution in [0, 0.1) is 5.92 Å². The Labute approximate surface area is 92.8 Å². The number of hydrogen-bond donors (Lipinski definition) is 2. The van der Waals surface area contributed by atoms with E-state index in [1.807, 2.05) is 13.8 Å². The Morgan fingerprint density at radius 1 is 1.33 bits per heavy atom. The summed E-state index contributed by atoms with van der Waals surface area (Å²) < 4.78 is 0. The Kier molecular flexibility index (Phi) is 5.09. The highest BCUT2D eigenvalue weighted by Gasteiger charge is 2.25. The van der Waals surface area contributed by atoms with Gasteiger partial charge in [0.05, 0.1) is 5.92 Å². The lowest BCUT2D eigenvalue weighted by Crippen LogP contribution is -2.44. The van der Waals surface area contributed by atoms with Gasteiger partial charge in [-0.1, -0.05) is 26.7 Å². The van der Waals surface area contributed by atoms with Crippen LogP contribution >= 0.6 is 0 Å². The third kappa shape index (κ3) is 3.49. The molecule has 3 heteroatoms. The summed E-state index contributed by atoms with van der Waals surface area (Å²) in [6, 6.07) is 0.423. The van der Waals surface area contributed by atoms with E-state index in [0.717, 1.165) is 25.7 Å². The molecule has 1 fully saturated rings. The number of carbonyl (C=O) groups excluding carboxylic acids is 1. The van der Waals surface area contributed by atoms with Gasteiger partial charge in [-0.3, -0.25) is 4.79 Å². The van der Waals surface area contributed by atoms with Crippen molar-refractivity contribution in [3.8, 4) is 0 Å². The lowest BCUT2D eigenvalue weighted by atomic mass is 9.94. The van der Waals surface area contributed by atoms with E-state index in [1.54, 1.807) is 0 Å². The molecule has 2 atom stereocenters. The van der Waals surface area contributed by atoms with Gasteiger partial charge < -0.3 is 11.1 Å². The summed E-state index contributed by atoms with van der Waals surface area (Å²) in [7, 11) is 0. The predicted octanol–water partition coefficient (Wildman–Crippen LogP) is 1.81. The van der Waals surface area contributed by atoms with Crippen molar-refractivity contribution in [1.82, 2.24) is 5.32 Å². The first kappa shape index (κ1) is 12.5. The van der Waals surface area contributed by atoms with E-state index in [4.69, 9.17) is 5.73 Å². The van der Waals surface area contributed by atoms with Crippen molar-refractivity contribution in [2.75, 3.05) is 0 Å². The number of nitrogens with two attached hydrogens (primary N) is 1. The minimum absolute atomic E-state index is 0.00407. The lowest BCUT2D eigenvalue weighted by molar-refractivity contribution is -0.126. The van der Waals surface area contributed by atoms with Crippen LogP contribution in [0.15, 0.2) is 0 Å². The Balaban J connectivity index is 2.41. The Morgan fingerprint density at radius 2 is 1.93 bits per heavy atom. The molecule has 0 bridgehead atoms. The van der Waals surface area contributed by atoms with E-state index >= 15 is 0 Å². The van der Waals surface area contributed by atoms with Crippen LogP contribution in [-0.2, 0) is 4.79 Å². The third-order valence-corrected chi connectivity index (χ3v) is 3.47. The van der Waals surface area contributed by atoms with Crippen LogP contribution in [0.25, 0.3) is 0 Å². The molecule has 2 unspecified atom stereocenters. The van der Waals surface area contributed by atoms with Crippen LogP contribution in [0.2, 0.25) is 0 Å². The van der Waals surface area contributed by atoms with Crippen molar-refractivity contribution in [2.24, 2.45) is 11.7 Å². The zero-order valence-electron chi connectivity index (χ0n) is 9.96. The van der Waals surface area contributed by atoms with Gasteiger partial charge in [0.25, 0.3) is 0 Å². The standard InChI is InChI=1S/C12H24N2O/c1-3-10(11(13)4-2)12(15)14-9-7-5-6-8-9/h9-11H,3-8,13H2,1-2H3,(H,14,15). The van der Waals surface area contributed by atoms with E-state index in [2.05, 4.69) is 5.32 Å². The fourth-order valence-corrected chi connectivity index (χ4v) is 2.35. The number of nitrogens with one attached hydrogen (secondary N) is 1. The molecule has 1 amide bonds. The maximum absolute atomic E-state index is 11.9. The van der Waals surface area contributed by atoms with Crippen molar-refractivity contribution in [3.63, 3.8) is 0 Å². The molecule has 0 radical (unpaired) electrons. The van der Waals surface area contributed by atoms with E-state index in [0.29, 0.717) is 6.04 Å². The summed E-state index contributed by atoms with van der Waals surface area (Å²) in [5.74, 6) is 0.161. The average molecular weight is 212 g/mol. The predicted molar refractivity (Wildman–Crippen MR) is 62.4 cm³/mol. The summed E-state index contributed by atoms with van der Waals surface area (Å²) in [5.41, 5.74) is 5.94. The summed E-state index contributed by atoms with van der Waals surface area (Å²) in [4.78, 5) is 11.9. The van der Waals surface area contributed by atoms with Gasteiger partial charge in [-0.05, 0) is 25.7 Å². The van der Waals surface area contributed by atoms with E-state index < -0.39 is 0 Å². The fraction of sp³-hybridized carbons (Fsp3) is 0.917. The minimum atomic E-state index is -0.00407. The molecule has 0 saturated heterocycles. The number of carbonyl (C=O) groups is 1. The van der Waals surface area contributed by atoms with Crippen LogP contribution < -0.4 is 11.1 Å². The molecule has 3 N–H and O–H groups in total. The fourth-order valence-electron chi connectivity index (χ4n) is 2.35. The van der Waals surface area contributed by atoms with Gasteiger partial charge in [-0.15, -0.1) is 0 Å². The summed E-state index contributed by atoms with van der Waals surface area (Å²) in [6.45, 7) is 4.07. The van der Waals surface area contributed by atoms with Gasteiger partial charge in [0.15, 0.2) is 0 Å². The molecular formula is C12H24N2O. The third-order valence-electron chi connectivity index (χ3n) is 3.47. The first-order valence-corrected chi connectivity index (χ1v) is 6.25. The molecule has 1 rings (SSSR count). The topological polar surface area (TPSA) is 55.1 Å². The van der Waals surface area contributed by atoms with Gasteiger partial charge in [0.2, 0.25) is 5.91 Å². The van der Waals surface area contributed by atoms with Gasteiger partial charge >= 0.3 is 0 Å². The molecule has 3 nitrogen and oxygen atoms in total. The maximum atomic E-state index is 11.9. The molecule has 0 aromatic rings. The molecular weight excluding hydrogens is 188 g/mol. The second kappa shape index (κ2) is 6.11. The summed E-state index contributed by atoms with van der Waals surface area (Å²) in [6.07, 6.45) is 6.50. The Hall–Kier alpha value is -0.570. The second-order valence-corrected chi connectivity index (χ2v) is 4.58. The summed E-state index contributed by atoms with van der Waals surface area (Å²) in [5, 5.41) is 3.13. The van der Waals surface area contributed by atoms with E-state index in [9.17, 15) is 4.79 Å². The normalized spacial score (nSPS) is 21.3. The van der Waals surface area contributed by atoms with Crippen LogP contribution in [0.1, 0.15) is 52.4 Å². The molecule has 0 aromatic heterocycles. The second-order valence-electron chi connectivity index (χ2n) is 4.58. The first-order valence-electron chi connectivity index (χ1n) is 6.25. The highest BCUT2D eigenvalue weighted by atomic mass is 16.2. The smallest absolute Gasteiger partial charge is 0.224 e. The van der Waals surface area contributed by atoms with Crippen molar-refractivity contribution < 1.29 is 4.79 Å². The molecule has 1 aliphatic carbocycles. The quantitative estimate of drug-likeness (QED) is 0.730. The first-order chi connectivity index (χ1) is 7.19. The van der Waals surface area contributed by atoms with Crippen LogP contribution in [-0.4, -0.2) is 18.0 Å². The maximum Gasteiger partial charge on any atom is 0.224 e. The molecule has 0 spiro atoms. The number of amides is 1. The minimum Gasteiger partial charge on any atom is -0.353 e. The number of hydrogen-bond acceptors (Lipinski definition) is 2. The zero-order chi connectivity index (χ0) is 11.3. The Morgan fingerprint density at radius 3 is 2.40 bits per heavy atom. The monoisotopic (exact) mass is 212 g/mol. The molecule has 1 saturated carbocycles. The Bertz CT molecular complexity index is 200. The van der Waals surface area contributed by atoms with Gasteiger partial charge in [-0.25, -0.2) is 0 Å². The van der Waals surface area contributed by atoms with Gasteiger partial charge in [0.1, 0.15) is 0 Å². The van der Waals surface area contributed by atoms with Gasteiger partial charge in [-0.2, -0.15) is 0 Å². The molecule has 0 aromatic carbocycles. The SMILES string of the molecule is CCC(N)C(CC)C(=O)NC1CCCC1. The molecule has 0 heterocycles. The summed E-state index contributed by atoms with van der Waals surface area (Å²) >= 11 is 0. The molecule has 15 heavy (non-hydrogen) atoms. The van der Waals surface area contributed by atoms with Crippen LogP contribution in [0.5, 0.6) is 0 Å². The number of rotatable bonds is 5. The molecule has 0 aliphatic heterocycles. The molecule has 88 valence electrons. The lowest BCUT2D eigenvalue weighted by Gasteiger charge is -2.22. The van der Waals surface area contributed by atoms with Gasteiger partial charge in [0, 0.05) is 12.1 Å². The van der Waals surface area contributed by atoms with E-state index in [-0.39, 0.29) is 17.9 Å². The molecule has 1 aliphatic rings.